The second kappa shape index (κ2) is 4.90. The molecule has 94 valence electrons. The van der Waals surface area contributed by atoms with Crippen molar-refractivity contribution in [3.63, 3.8) is 0 Å². The van der Waals surface area contributed by atoms with Crippen LogP contribution in [0.3, 0.4) is 0 Å². The minimum atomic E-state index is -1.86. The molecule has 5 heteroatoms. The molecular formula is C12H19BrN2OSi. The molecule has 1 rings (SSSR count). The Morgan fingerprint density at radius 1 is 1.29 bits per heavy atom. The maximum absolute atomic E-state index is 6.03. The molecule has 0 N–H and O–H groups in total. The van der Waals surface area contributed by atoms with Crippen LogP contribution in [0, 0.1) is 0 Å². The summed E-state index contributed by atoms with van der Waals surface area (Å²) in [5.41, 5.74) is 0. The summed E-state index contributed by atoms with van der Waals surface area (Å²) < 4.78 is 6.88. The van der Waals surface area contributed by atoms with Gasteiger partial charge in [0, 0.05) is 12.4 Å². The van der Waals surface area contributed by atoms with E-state index in [-0.39, 0.29) is 5.04 Å². The Kier molecular flexibility index (Phi) is 4.14. The minimum absolute atomic E-state index is 0.144. The molecule has 17 heavy (non-hydrogen) atoms. The second-order valence-corrected chi connectivity index (χ2v) is 11.2. The predicted octanol–water partition coefficient (Wildman–Crippen LogP) is 4.23. The lowest BCUT2D eigenvalue weighted by atomic mass is 10.2. The van der Waals surface area contributed by atoms with Crippen LogP contribution in [0.1, 0.15) is 26.6 Å². The van der Waals surface area contributed by atoms with Gasteiger partial charge in [0.15, 0.2) is 5.82 Å². The van der Waals surface area contributed by atoms with E-state index in [1.807, 2.05) is 0 Å². The van der Waals surface area contributed by atoms with Crippen LogP contribution >= 0.6 is 15.9 Å². The van der Waals surface area contributed by atoms with Crippen LogP contribution in [0.2, 0.25) is 18.1 Å². The summed E-state index contributed by atoms with van der Waals surface area (Å²) in [5, 5.41) is 0.144. The fourth-order valence-corrected chi connectivity index (χ4v) is 2.18. The Bertz CT molecular complexity index is 410. The maximum atomic E-state index is 6.03. The van der Waals surface area contributed by atoms with Crippen LogP contribution in [0.15, 0.2) is 23.4 Å². The summed E-state index contributed by atoms with van der Waals surface area (Å²) in [6, 6.07) is 0. The molecule has 0 amide bonds. The Morgan fingerprint density at radius 3 is 2.18 bits per heavy atom. The fourth-order valence-electron chi connectivity index (χ4n) is 0.963. The molecule has 0 fully saturated rings. The van der Waals surface area contributed by atoms with E-state index in [1.54, 1.807) is 12.4 Å². The molecule has 0 spiro atoms. The summed E-state index contributed by atoms with van der Waals surface area (Å²) in [7, 11) is -1.86. The van der Waals surface area contributed by atoms with Crippen LogP contribution in [0.25, 0.3) is 5.76 Å². The van der Waals surface area contributed by atoms with Crippen molar-refractivity contribution in [2.45, 2.75) is 38.9 Å². The lowest BCUT2D eigenvalue weighted by Crippen LogP contribution is -2.40. The fraction of sp³-hybridized carbons (Fsp3) is 0.500. The Labute approximate surface area is 113 Å². The van der Waals surface area contributed by atoms with Crippen molar-refractivity contribution in [2.75, 3.05) is 0 Å². The van der Waals surface area contributed by atoms with E-state index in [0.717, 1.165) is 4.47 Å². The molecule has 0 saturated heterocycles. The zero-order valence-corrected chi connectivity index (χ0v) is 13.6. The van der Waals surface area contributed by atoms with E-state index in [0.29, 0.717) is 11.6 Å². The number of nitrogens with zero attached hydrogens (tertiary/aromatic N) is 2. The van der Waals surface area contributed by atoms with E-state index in [4.69, 9.17) is 4.43 Å². The minimum Gasteiger partial charge on any atom is -0.541 e. The Hall–Kier alpha value is -0.683. The van der Waals surface area contributed by atoms with Crippen LogP contribution in [-0.4, -0.2) is 18.3 Å². The van der Waals surface area contributed by atoms with Crippen LogP contribution in [0.5, 0.6) is 0 Å². The van der Waals surface area contributed by atoms with Crippen LogP contribution < -0.4 is 0 Å². The summed E-state index contributed by atoms with van der Waals surface area (Å²) in [4.78, 5) is 8.37. The molecular weight excluding hydrogens is 296 g/mol. The van der Waals surface area contributed by atoms with Gasteiger partial charge in [0.25, 0.3) is 8.32 Å². The first-order valence-electron chi connectivity index (χ1n) is 5.49. The van der Waals surface area contributed by atoms with E-state index in [2.05, 4.69) is 66.3 Å². The maximum Gasteiger partial charge on any atom is 0.250 e. The summed E-state index contributed by atoms with van der Waals surface area (Å²) in [5.74, 6) is 1.11. The Morgan fingerprint density at radius 2 is 1.76 bits per heavy atom. The Balaban J connectivity index is 2.83. The quantitative estimate of drug-likeness (QED) is 0.618. The SMILES string of the molecule is C=C(O[Si](C)(C)C(C)(C)C)c1ncc(Br)cn1. The highest BCUT2D eigenvalue weighted by Crippen LogP contribution is 2.38. The molecule has 0 saturated carbocycles. The van der Waals surface area contributed by atoms with Crippen LogP contribution in [0.4, 0.5) is 0 Å². The zero-order valence-electron chi connectivity index (χ0n) is 11.0. The number of rotatable bonds is 3. The molecule has 0 bridgehead atoms. The average Bonchev–Trinajstić information content (AvgIpc) is 2.16. The van der Waals surface area contributed by atoms with E-state index >= 15 is 0 Å². The number of hydrogen-bond donors (Lipinski definition) is 0. The van der Waals surface area contributed by atoms with E-state index in [1.165, 1.54) is 0 Å². The molecule has 1 aromatic heterocycles. The number of aromatic nitrogens is 2. The number of halogens is 1. The topological polar surface area (TPSA) is 35.0 Å². The molecule has 0 atom stereocenters. The van der Waals surface area contributed by atoms with Gasteiger partial charge in [-0.3, -0.25) is 0 Å². The molecule has 1 heterocycles. The standard InChI is InChI=1S/C12H19BrN2OSi/c1-9(11-14-7-10(13)8-15-11)16-17(5,6)12(2,3)4/h7-8H,1H2,2-6H3. The molecule has 0 unspecified atom stereocenters. The molecule has 0 aromatic carbocycles. The third kappa shape index (κ3) is 3.64. The monoisotopic (exact) mass is 314 g/mol. The first-order chi connectivity index (χ1) is 7.63. The van der Waals surface area contributed by atoms with E-state index in [9.17, 15) is 0 Å². The van der Waals surface area contributed by atoms with Crippen molar-refractivity contribution in [1.29, 1.82) is 0 Å². The smallest absolute Gasteiger partial charge is 0.250 e. The lowest BCUT2D eigenvalue weighted by molar-refractivity contribution is 0.455. The first-order valence-corrected chi connectivity index (χ1v) is 9.19. The van der Waals surface area contributed by atoms with Crippen LogP contribution in [-0.2, 0) is 4.43 Å². The molecule has 1 aromatic rings. The van der Waals surface area contributed by atoms with Gasteiger partial charge < -0.3 is 4.43 Å². The molecule has 0 aliphatic rings. The average molecular weight is 315 g/mol. The lowest BCUT2D eigenvalue weighted by Gasteiger charge is -2.36. The third-order valence-corrected chi connectivity index (χ3v) is 7.83. The van der Waals surface area contributed by atoms with Gasteiger partial charge in [-0.05, 0) is 34.1 Å². The van der Waals surface area contributed by atoms with Gasteiger partial charge in [-0.1, -0.05) is 27.4 Å². The van der Waals surface area contributed by atoms with Gasteiger partial charge in [-0.2, -0.15) is 0 Å². The van der Waals surface area contributed by atoms with Crippen molar-refractivity contribution >= 4 is 30.0 Å². The summed E-state index contributed by atoms with van der Waals surface area (Å²) >= 11 is 3.30. The van der Waals surface area contributed by atoms with Gasteiger partial charge in [0.2, 0.25) is 0 Å². The van der Waals surface area contributed by atoms with Crippen molar-refractivity contribution in [2.24, 2.45) is 0 Å². The first kappa shape index (κ1) is 14.4. The predicted molar refractivity (Wildman–Crippen MR) is 77.0 cm³/mol. The normalized spacial score (nSPS) is 12.4. The van der Waals surface area contributed by atoms with Gasteiger partial charge in [-0.25, -0.2) is 9.97 Å². The highest BCUT2D eigenvalue weighted by molar-refractivity contribution is 9.10. The molecule has 0 aliphatic heterocycles. The third-order valence-electron chi connectivity index (χ3n) is 3.05. The molecule has 0 aliphatic carbocycles. The van der Waals surface area contributed by atoms with Crippen molar-refractivity contribution in [3.05, 3.63) is 29.3 Å². The summed E-state index contributed by atoms with van der Waals surface area (Å²) in [6.45, 7) is 14.8. The van der Waals surface area contributed by atoms with Gasteiger partial charge in [-0.15, -0.1) is 0 Å². The summed E-state index contributed by atoms with van der Waals surface area (Å²) in [6.07, 6.45) is 3.39. The highest BCUT2D eigenvalue weighted by atomic mass is 79.9. The van der Waals surface area contributed by atoms with Gasteiger partial charge in [0.1, 0.15) is 5.76 Å². The second-order valence-electron chi connectivity index (χ2n) is 5.51. The van der Waals surface area contributed by atoms with E-state index < -0.39 is 8.32 Å². The van der Waals surface area contributed by atoms with Gasteiger partial charge >= 0.3 is 0 Å². The van der Waals surface area contributed by atoms with Crippen molar-refractivity contribution in [1.82, 2.24) is 9.97 Å². The molecule has 3 nitrogen and oxygen atoms in total. The van der Waals surface area contributed by atoms with Crippen molar-refractivity contribution in [3.8, 4) is 0 Å². The molecule has 0 radical (unpaired) electrons. The number of hydrogen-bond acceptors (Lipinski definition) is 3. The van der Waals surface area contributed by atoms with Crippen molar-refractivity contribution < 1.29 is 4.43 Å². The van der Waals surface area contributed by atoms with Gasteiger partial charge in [0.05, 0.1) is 4.47 Å². The largest absolute Gasteiger partial charge is 0.541 e. The highest BCUT2D eigenvalue weighted by Gasteiger charge is 2.39. The zero-order chi connectivity index (χ0) is 13.3.